The monoisotopic (exact) mass is 556 g/mol. The highest BCUT2D eigenvalue weighted by atomic mass is 32.2. The van der Waals surface area contributed by atoms with E-state index in [9.17, 15) is 16.8 Å². The van der Waals surface area contributed by atoms with Gasteiger partial charge >= 0.3 is 0 Å². The second-order valence-electron chi connectivity index (χ2n) is 8.93. The number of ether oxygens (including phenoxy) is 3. The van der Waals surface area contributed by atoms with Gasteiger partial charge in [-0.25, -0.2) is 16.8 Å². The molecule has 2 N–H and O–H groups in total. The summed E-state index contributed by atoms with van der Waals surface area (Å²) in [5.41, 5.74) is 0. The zero-order valence-corrected chi connectivity index (χ0v) is 21.8. The van der Waals surface area contributed by atoms with Gasteiger partial charge in [-0.3, -0.25) is 0 Å². The molecule has 3 aliphatic heterocycles. The van der Waals surface area contributed by atoms with Gasteiger partial charge in [-0.2, -0.15) is 8.61 Å². The Morgan fingerprint density at radius 1 is 0.730 bits per heavy atom. The van der Waals surface area contributed by atoms with E-state index in [1.807, 2.05) is 0 Å². The highest BCUT2D eigenvalue weighted by Crippen LogP contribution is 2.23. The zero-order valence-electron chi connectivity index (χ0n) is 20.2. The van der Waals surface area contributed by atoms with E-state index < -0.39 is 32.3 Å². The zero-order chi connectivity index (χ0) is 26.5. The number of hydrogen-bond donors (Lipinski definition) is 2. The SMILES string of the molecule is O=S(=O)(c1ccccc1)N(CC1CO1)CC1CO1.O=S(=O)(c1ccccc1)N1CC(CO)OC(CO)C1. The van der Waals surface area contributed by atoms with Gasteiger partial charge in [0, 0.05) is 26.2 Å². The Morgan fingerprint density at radius 3 is 1.57 bits per heavy atom. The molecule has 0 bridgehead atoms. The molecule has 0 aromatic heterocycles. The molecule has 3 fully saturated rings. The summed E-state index contributed by atoms with van der Waals surface area (Å²) in [7, 11) is -7.05. The van der Waals surface area contributed by atoms with E-state index in [4.69, 9.17) is 24.4 Å². The number of epoxide rings is 2. The third kappa shape index (κ3) is 7.56. The summed E-state index contributed by atoms with van der Waals surface area (Å²) >= 11 is 0. The molecule has 4 unspecified atom stereocenters. The fourth-order valence-electron chi connectivity index (χ4n) is 3.84. The van der Waals surface area contributed by atoms with Gasteiger partial charge < -0.3 is 24.4 Å². The quantitative estimate of drug-likeness (QED) is 0.383. The van der Waals surface area contributed by atoms with E-state index in [1.54, 1.807) is 48.5 Å². The van der Waals surface area contributed by atoms with Crippen LogP contribution in [0.25, 0.3) is 0 Å². The first-order valence-corrected chi connectivity index (χ1v) is 14.8. The van der Waals surface area contributed by atoms with Crippen LogP contribution in [0.2, 0.25) is 0 Å². The summed E-state index contributed by atoms with van der Waals surface area (Å²) in [5.74, 6) is 0. The molecule has 204 valence electrons. The van der Waals surface area contributed by atoms with Crippen molar-refractivity contribution >= 4 is 20.0 Å². The standard InChI is InChI=1S/C12H17NO5S.C12H15NO4S/c14-8-10-6-13(7-11(9-15)18-10)19(16,17)12-4-2-1-3-5-12;14-18(15,12-4-2-1-3-5-12)13(6-10-8-16-10)7-11-9-17-11/h1-5,10-11,14-15H,6-9H2;1-5,10-11H,6-9H2. The predicted octanol–water partition coefficient (Wildman–Crippen LogP) is -0.0958. The lowest BCUT2D eigenvalue weighted by Gasteiger charge is -2.35. The number of rotatable bonds is 10. The number of morpholine rings is 1. The van der Waals surface area contributed by atoms with Crippen molar-refractivity contribution in [3.8, 4) is 0 Å². The molecule has 3 aliphatic rings. The van der Waals surface area contributed by atoms with Crippen LogP contribution in [0.3, 0.4) is 0 Å². The number of hydrogen-bond acceptors (Lipinski definition) is 9. The van der Waals surface area contributed by atoms with Crippen LogP contribution in [-0.2, 0) is 34.3 Å². The lowest BCUT2D eigenvalue weighted by atomic mass is 10.2. The van der Waals surface area contributed by atoms with Gasteiger partial charge in [-0.05, 0) is 24.3 Å². The van der Waals surface area contributed by atoms with E-state index in [0.717, 1.165) is 0 Å². The molecule has 2 aromatic carbocycles. The summed E-state index contributed by atoms with van der Waals surface area (Å²) in [6.45, 7) is 1.73. The molecule has 13 heteroatoms. The van der Waals surface area contributed by atoms with E-state index in [0.29, 0.717) is 31.2 Å². The fraction of sp³-hybridized carbons (Fsp3) is 0.500. The molecule has 0 aliphatic carbocycles. The van der Waals surface area contributed by atoms with Crippen molar-refractivity contribution in [2.45, 2.75) is 34.2 Å². The molecule has 0 spiro atoms. The molecular weight excluding hydrogens is 524 g/mol. The number of nitrogens with zero attached hydrogens (tertiary/aromatic N) is 2. The van der Waals surface area contributed by atoms with Gasteiger partial charge in [-0.15, -0.1) is 0 Å². The topological polar surface area (TPSA) is 150 Å². The summed E-state index contributed by atoms with van der Waals surface area (Å²) in [5, 5.41) is 18.3. The van der Waals surface area contributed by atoms with Crippen LogP contribution in [0.5, 0.6) is 0 Å². The first-order valence-electron chi connectivity index (χ1n) is 11.9. The lowest BCUT2D eigenvalue weighted by molar-refractivity contribution is -0.0996. The van der Waals surface area contributed by atoms with Crippen LogP contribution >= 0.6 is 0 Å². The van der Waals surface area contributed by atoms with Crippen molar-refractivity contribution in [2.24, 2.45) is 0 Å². The maximum Gasteiger partial charge on any atom is 0.243 e. The van der Waals surface area contributed by atoms with Gasteiger partial charge in [0.1, 0.15) is 0 Å². The molecule has 2 aromatic rings. The van der Waals surface area contributed by atoms with E-state index >= 15 is 0 Å². The number of sulfonamides is 2. The lowest BCUT2D eigenvalue weighted by Crippen LogP contribution is -2.52. The van der Waals surface area contributed by atoms with E-state index in [2.05, 4.69) is 0 Å². The predicted molar refractivity (Wildman–Crippen MR) is 133 cm³/mol. The molecule has 11 nitrogen and oxygen atoms in total. The maximum absolute atomic E-state index is 12.5. The van der Waals surface area contributed by atoms with Crippen LogP contribution < -0.4 is 0 Å². The fourth-order valence-corrected chi connectivity index (χ4v) is 6.89. The summed E-state index contributed by atoms with van der Waals surface area (Å²) in [4.78, 5) is 0.525. The summed E-state index contributed by atoms with van der Waals surface area (Å²) in [6, 6.07) is 16.6. The van der Waals surface area contributed by atoms with Crippen molar-refractivity contribution in [1.82, 2.24) is 8.61 Å². The van der Waals surface area contributed by atoms with Gasteiger partial charge in [0.2, 0.25) is 20.0 Å². The molecule has 3 saturated heterocycles. The average Bonchev–Trinajstić information content (AvgIpc) is 3.86. The number of benzene rings is 2. The highest BCUT2D eigenvalue weighted by Gasteiger charge is 2.37. The minimum atomic E-state index is -3.62. The minimum absolute atomic E-state index is 0.0437. The molecule has 0 radical (unpaired) electrons. The van der Waals surface area contributed by atoms with Crippen LogP contribution in [0.4, 0.5) is 0 Å². The third-order valence-corrected chi connectivity index (χ3v) is 9.68. The average molecular weight is 557 g/mol. The van der Waals surface area contributed by atoms with E-state index in [1.165, 1.54) is 20.7 Å². The Hall–Kier alpha value is -1.94. The molecule has 37 heavy (non-hydrogen) atoms. The van der Waals surface area contributed by atoms with Crippen LogP contribution in [0.1, 0.15) is 0 Å². The Balaban J connectivity index is 0.000000173. The first-order chi connectivity index (χ1) is 17.7. The smallest absolute Gasteiger partial charge is 0.243 e. The number of aliphatic hydroxyl groups excluding tert-OH is 2. The Morgan fingerprint density at radius 2 is 1.16 bits per heavy atom. The summed E-state index contributed by atoms with van der Waals surface area (Å²) in [6.07, 6.45) is -1.13. The largest absolute Gasteiger partial charge is 0.394 e. The molecule has 5 rings (SSSR count). The van der Waals surface area contributed by atoms with Crippen molar-refractivity contribution in [3.63, 3.8) is 0 Å². The Bertz CT molecular complexity index is 1180. The van der Waals surface area contributed by atoms with Gasteiger partial charge in [0.15, 0.2) is 0 Å². The van der Waals surface area contributed by atoms with Crippen molar-refractivity contribution < 1.29 is 41.3 Å². The normalized spacial score (nSPS) is 25.8. The van der Waals surface area contributed by atoms with Crippen LogP contribution in [0.15, 0.2) is 70.5 Å². The van der Waals surface area contributed by atoms with Crippen molar-refractivity contribution in [3.05, 3.63) is 60.7 Å². The second kappa shape index (κ2) is 12.3. The van der Waals surface area contributed by atoms with Crippen LogP contribution in [0, 0.1) is 0 Å². The summed E-state index contributed by atoms with van der Waals surface area (Å²) < 4.78 is 68.1. The molecule has 0 amide bonds. The minimum Gasteiger partial charge on any atom is -0.394 e. The molecular formula is C24H32N2O9S2. The van der Waals surface area contributed by atoms with Crippen LogP contribution in [-0.4, -0.2) is 113 Å². The highest BCUT2D eigenvalue weighted by molar-refractivity contribution is 7.89. The number of aliphatic hydroxyl groups is 2. The van der Waals surface area contributed by atoms with Crippen molar-refractivity contribution in [2.75, 3.05) is 52.6 Å². The van der Waals surface area contributed by atoms with E-state index in [-0.39, 0.29) is 43.4 Å². The molecule has 3 heterocycles. The molecule has 4 atom stereocenters. The molecule has 0 saturated carbocycles. The van der Waals surface area contributed by atoms with Gasteiger partial charge in [0.25, 0.3) is 0 Å². The third-order valence-electron chi connectivity index (χ3n) is 5.99. The maximum atomic E-state index is 12.5. The first kappa shape index (κ1) is 28.1. The Labute approximate surface area is 217 Å². The van der Waals surface area contributed by atoms with Crippen molar-refractivity contribution in [1.29, 1.82) is 0 Å². The van der Waals surface area contributed by atoms with Gasteiger partial charge in [0.05, 0.1) is 60.6 Å². The Kier molecular flexibility index (Phi) is 9.32. The second-order valence-corrected chi connectivity index (χ2v) is 12.8. The van der Waals surface area contributed by atoms with Gasteiger partial charge in [-0.1, -0.05) is 36.4 Å².